The molecule has 11 nitrogen and oxygen atoms in total. The Morgan fingerprint density at radius 1 is 1.13 bits per heavy atom. The van der Waals surface area contributed by atoms with Crippen LogP contribution in [0.2, 0.25) is 0 Å². The van der Waals surface area contributed by atoms with Gasteiger partial charge in [0.25, 0.3) is 0 Å². The summed E-state index contributed by atoms with van der Waals surface area (Å²) in [7, 11) is -3.45. The number of carbonyl (C=O) groups excluding carboxylic acids is 1. The van der Waals surface area contributed by atoms with E-state index in [1.54, 1.807) is 24.3 Å². The lowest BCUT2D eigenvalue weighted by Gasteiger charge is -2.35. The molecule has 2 aromatic heterocycles. The molecule has 1 saturated heterocycles. The molecule has 1 aliphatic heterocycles. The van der Waals surface area contributed by atoms with Crippen LogP contribution in [0, 0.1) is 0 Å². The van der Waals surface area contributed by atoms with E-state index in [4.69, 9.17) is 19.4 Å². The first kappa shape index (κ1) is 26.0. The summed E-state index contributed by atoms with van der Waals surface area (Å²) in [6, 6.07) is 10.5. The summed E-state index contributed by atoms with van der Waals surface area (Å²) < 4.78 is 35.9. The number of nitrogens with zero attached hydrogens (tertiary/aromatic N) is 5. The van der Waals surface area contributed by atoms with Gasteiger partial charge in [0, 0.05) is 31.3 Å². The summed E-state index contributed by atoms with van der Waals surface area (Å²) in [5.41, 5.74) is 0.988. The highest BCUT2D eigenvalue weighted by atomic mass is 32.2. The van der Waals surface area contributed by atoms with Gasteiger partial charge in [-0.3, -0.25) is 5.32 Å². The third-order valence-corrected chi connectivity index (χ3v) is 9.08. The minimum absolute atomic E-state index is 0.0521. The molecule has 5 rings (SSSR count). The third-order valence-electron chi connectivity index (χ3n) is 7.04. The van der Waals surface area contributed by atoms with Crippen molar-refractivity contribution in [3.8, 4) is 17.1 Å². The number of morpholine rings is 1. The fraction of sp³-hybridized carbons (Fsp3) is 0.423. The molecule has 0 bridgehead atoms. The lowest BCUT2D eigenvalue weighted by molar-refractivity contribution is 0.0985. The number of anilines is 2. The number of benzene rings is 1. The molecule has 3 heterocycles. The zero-order valence-electron chi connectivity index (χ0n) is 21.3. The Balaban J connectivity index is 1.47. The van der Waals surface area contributed by atoms with Crippen LogP contribution in [0.5, 0.6) is 5.75 Å². The first-order valence-electron chi connectivity index (χ1n) is 12.5. The maximum Gasteiger partial charge on any atom is 0.419 e. The lowest BCUT2D eigenvalue weighted by atomic mass is 10.0. The Bertz CT molecular complexity index is 1400. The van der Waals surface area contributed by atoms with Crippen molar-refractivity contribution < 1.29 is 22.7 Å². The van der Waals surface area contributed by atoms with Gasteiger partial charge in [0.2, 0.25) is 5.95 Å². The molecule has 200 valence electrons. The minimum atomic E-state index is -3.45. The summed E-state index contributed by atoms with van der Waals surface area (Å²) in [6.07, 6.45) is 6.23. The molecule has 2 fully saturated rings. The number of para-hydroxylation sites is 1. The van der Waals surface area contributed by atoms with Crippen LogP contribution in [-0.4, -0.2) is 66.5 Å². The number of nitrogens with one attached hydrogen (secondary N) is 1. The second-order valence-corrected chi connectivity index (χ2v) is 12.0. The number of carbonyl (C=O) groups is 1. The third kappa shape index (κ3) is 5.32. The number of aromatic nitrogens is 4. The van der Waals surface area contributed by atoms with Crippen molar-refractivity contribution in [3.05, 3.63) is 54.5 Å². The highest BCUT2D eigenvalue weighted by molar-refractivity contribution is 7.91. The van der Waals surface area contributed by atoms with Crippen LogP contribution in [0.1, 0.15) is 38.3 Å². The molecule has 1 aromatic carbocycles. The van der Waals surface area contributed by atoms with Gasteiger partial charge in [0.05, 0.1) is 30.5 Å². The molecule has 3 aromatic rings. The van der Waals surface area contributed by atoms with Gasteiger partial charge < -0.3 is 14.4 Å². The Kier molecular flexibility index (Phi) is 7.26. The highest BCUT2D eigenvalue weighted by Crippen LogP contribution is 2.45. The van der Waals surface area contributed by atoms with Crippen molar-refractivity contribution in [3.63, 3.8) is 0 Å². The highest BCUT2D eigenvalue weighted by Gasteiger charge is 2.47. The molecule has 1 atom stereocenters. The van der Waals surface area contributed by atoms with E-state index >= 15 is 0 Å². The van der Waals surface area contributed by atoms with Crippen LogP contribution in [0.25, 0.3) is 11.4 Å². The van der Waals surface area contributed by atoms with Crippen LogP contribution < -0.4 is 15.0 Å². The van der Waals surface area contributed by atoms with Crippen molar-refractivity contribution in [2.45, 2.75) is 43.4 Å². The van der Waals surface area contributed by atoms with Crippen LogP contribution in [0.15, 0.2) is 48.8 Å². The largest absolute Gasteiger partial charge is 0.419 e. The molecule has 1 saturated carbocycles. The first-order valence-corrected chi connectivity index (χ1v) is 14.4. The van der Waals surface area contributed by atoms with E-state index in [1.807, 2.05) is 19.1 Å². The number of hydrogen-bond donors (Lipinski definition) is 1. The van der Waals surface area contributed by atoms with E-state index in [0.717, 1.165) is 12.8 Å². The Morgan fingerprint density at radius 3 is 2.50 bits per heavy atom. The van der Waals surface area contributed by atoms with Gasteiger partial charge in [-0.25, -0.2) is 33.1 Å². The molecular weight excluding hydrogens is 508 g/mol. The van der Waals surface area contributed by atoms with E-state index in [-0.39, 0.29) is 12.0 Å². The topological polar surface area (TPSA) is 136 Å². The van der Waals surface area contributed by atoms with E-state index < -0.39 is 20.7 Å². The van der Waals surface area contributed by atoms with Gasteiger partial charge in [-0.2, -0.15) is 0 Å². The summed E-state index contributed by atoms with van der Waals surface area (Å²) >= 11 is 0. The first-order chi connectivity index (χ1) is 18.2. The summed E-state index contributed by atoms with van der Waals surface area (Å²) in [5.74, 6) is 1.41. The number of rotatable bonds is 6. The number of ether oxygens (including phenoxy) is 2. The van der Waals surface area contributed by atoms with E-state index in [1.165, 1.54) is 18.6 Å². The van der Waals surface area contributed by atoms with Gasteiger partial charge >= 0.3 is 6.09 Å². The second kappa shape index (κ2) is 10.6. The van der Waals surface area contributed by atoms with E-state index in [9.17, 15) is 13.2 Å². The normalized spacial score (nSPS) is 19.2. The number of sulfone groups is 1. The molecule has 12 heteroatoms. The molecule has 0 radical (unpaired) electrons. The van der Waals surface area contributed by atoms with Crippen LogP contribution in [0.3, 0.4) is 0 Å². The van der Waals surface area contributed by atoms with Crippen molar-refractivity contribution >= 4 is 27.7 Å². The average molecular weight is 539 g/mol. The van der Waals surface area contributed by atoms with Crippen LogP contribution >= 0.6 is 0 Å². The average Bonchev–Trinajstić information content (AvgIpc) is 3.42. The molecule has 1 amide bonds. The number of amides is 1. The molecule has 38 heavy (non-hydrogen) atoms. The zero-order chi connectivity index (χ0) is 26.8. The molecular formula is C26H30N6O5S. The van der Waals surface area contributed by atoms with Crippen molar-refractivity contribution in [2.75, 3.05) is 36.2 Å². The molecule has 0 unspecified atom stereocenters. The zero-order valence-corrected chi connectivity index (χ0v) is 22.1. The maximum atomic E-state index is 13.1. The Hall–Kier alpha value is -3.64. The smallest absolute Gasteiger partial charge is 0.410 e. The second-order valence-electron chi connectivity index (χ2n) is 9.65. The lowest BCUT2D eigenvalue weighted by Crippen LogP contribution is -2.44. The Morgan fingerprint density at radius 2 is 1.84 bits per heavy atom. The van der Waals surface area contributed by atoms with Crippen molar-refractivity contribution in [2.24, 2.45) is 0 Å². The summed E-state index contributed by atoms with van der Waals surface area (Å²) in [5, 5.41) is 2.49. The van der Waals surface area contributed by atoms with Gasteiger partial charge in [0.15, 0.2) is 15.7 Å². The summed E-state index contributed by atoms with van der Waals surface area (Å²) in [4.78, 5) is 32.3. The van der Waals surface area contributed by atoms with Crippen LogP contribution in [-0.2, 0) is 19.3 Å². The Labute approximate surface area is 221 Å². The monoisotopic (exact) mass is 538 g/mol. The van der Waals surface area contributed by atoms with Crippen molar-refractivity contribution in [1.29, 1.82) is 0 Å². The van der Waals surface area contributed by atoms with Gasteiger partial charge in [-0.05, 0) is 31.9 Å². The standard InChI is InChI=1S/C26H30N6O5S/c1-18-17-36-13-12-32(18)22-14-21(26(38(2,34)35)10-6-7-11-26)29-23(30-22)19-15-27-24(28-16-19)31-25(33)37-20-8-4-3-5-9-20/h3-5,8-9,14-16,18H,6-7,10-13,17H2,1-2H3,(H,27,28,31,33)/t18-/m0/s1. The fourth-order valence-corrected chi connectivity index (χ4v) is 6.51. The number of hydrogen-bond acceptors (Lipinski definition) is 10. The fourth-order valence-electron chi connectivity index (χ4n) is 4.99. The van der Waals surface area contributed by atoms with Crippen LogP contribution in [0.4, 0.5) is 16.6 Å². The van der Waals surface area contributed by atoms with Gasteiger partial charge in [-0.1, -0.05) is 31.0 Å². The minimum Gasteiger partial charge on any atom is -0.410 e. The van der Waals surface area contributed by atoms with E-state index in [2.05, 4.69) is 20.2 Å². The quantitative estimate of drug-likeness (QED) is 0.496. The SMILES string of the molecule is C[C@H]1COCCN1c1cc(C2(S(C)(=O)=O)CCCC2)nc(-c2cnc(NC(=O)Oc3ccccc3)nc2)n1. The molecule has 1 aliphatic carbocycles. The van der Waals surface area contributed by atoms with Crippen molar-refractivity contribution in [1.82, 2.24) is 19.9 Å². The molecule has 1 N–H and O–H groups in total. The van der Waals surface area contributed by atoms with Gasteiger partial charge in [0.1, 0.15) is 16.3 Å². The molecule has 0 spiro atoms. The van der Waals surface area contributed by atoms with E-state index in [0.29, 0.717) is 61.2 Å². The molecule has 2 aliphatic rings. The predicted molar refractivity (Wildman–Crippen MR) is 142 cm³/mol. The maximum absolute atomic E-state index is 13.1. The predicted octanol–water partition coefficient (Wildman–Crippen LogP) is 3.58. The van der Waals surface area contributed by atoms with Gasteiger partial charge in [-0.15, -0.1) is 0 Å². The summed E-state index contributed by atoms with van der Waals surface area (Å²) in [6.45, 7) is 3.78.